The molecule has 1 unspecified atom stereocenters. The van der Waals surface area contributed by atoms with Crippen molar-refractivity contribution in [2.45, 2.75) is 12.1 Å². The first-order valence-corrected chi connectivity index (χ1v) is 9.18. The van der Waals surface area contributed by atoms with Crippen LogP contribution >= 0.6 is 23.8 Å². The average Bonchev–Trinajstić information content (AvgIpc) is 3.09. The smallest absolute Gasteiger partial charge is 0.387 e. The van der Waals surface area contributed by atoms with Gasteiger partial charge in [-0.15, -0.1) is 0 Å². The minimum atomic E-state index is -3.23. The van der Waals surface area contributed by atoms with Gasteiger partial charge < -0.3 is 20.0 Å². The Balaban J connectivity index is 1.88. The van der Waals surface area contributed by atoms with Crippen molar-refractivity contribution in [1.29, 1.82) is 0 Å². The molecule has 0 radical (unpaired) electrons. The summed E-state index contributed by atoms with van der Waals surface area (Å²) in [6.07, 6.45) is 1.78. The van der Waals surface area contributed by atoms with Crippen molar-refractivity contribution in [2.75, 3.05) is 26.0 Å². The van der Waals surface area contributed by atoms with Crippen LogP contribution in [0.1, 0.15) is 0 Å². The third-order valence-electron chi connectivity index (χ3n) is 4.63. The molecule has 2 aliphatic heterocycles. The van der Waals surface area contributed by atoms with E-state index in [1.807, 2.05) is 0 Å². The normalized spacial score (nSPS) is 24.8. The molecule has 152 valence electrons. The number of alkyl halides is 3. The fourth-order valence-corrected chi connectivity index (χ4v) is 4.04. The van der Waals surface area contributed by atoms with Crippen LogP contribution in [0.25, 0.3) is 0 Å². The van der Waals surface area contributed by atoms with Crippen molar-refractivity contribution >= 4 is 40.4 Å². The molecule has 0 spiro atoms. The van der Waals surface area contributed by atoms with E-state index in [0.717, 1.165) is 11.8 Å². The largest absolute Gasteiger partial charge is 0.429 e. The molecule has 0 bridgehead atoms. The molecule has 2 aliphatic rings. The predicted molar refractivity (Wildman–Crippen MR) is 102 cm³/mol. The molecule has 11 heteroatoms. The minimum Gasteiger partial charge on any atom is -0.429 e. The number of thiocarbonyl (C=S) groups is 1. The molecule has 28 heavy (non-hydrogen) atoms. The summed E-state index contributed by atoms with van der Waals surface area (Å²) < 4.78 is 43.4. The highest BCUT2D eigenvalue weighted by atomic mass is 35.5. The summed E-state index contributed by atoms with van der Waals surface area (Å²) in [5.74, 6) is -3.35. The van der Waals surface area contributed by atoms with Gasteiger partial charge in [-0.3, -0.25) is 4.79 Å². The standard InChI is InChI=1S/C17H18ClF3N4O2S/c1-24-7-8(11-6-12(18)23-25(11)2)13(16(24)28)15(26)22-10-5-3-4-9(19)14(10)27-17(20)21/h3-6,8,12-13,17,23H,7H2,1-2H3,(H,22,26)/t8-,12?,13+/m1/s1. The van der Waals surface area contributed by atoms with Crippen LogP contribution in [0.5, 0.6) is 5.75 Å². The van der Waals surface area contributed by atoms with E-state index in [4.69, 9.17) is 23.8 Å². The summed E-state index contributed by atoms with van der Waals surface area (Å²) in [7, 11) is 3.53. The van der Waals surface area contributed by atoms with E-state index in [-0.39, 0.29) is 11.6 Å². The average molecular weight is 435 g/mol. The Morgan fingerprint density at radius 1 is 1.43 bits per heavy atom. The summed E-state index contributed by atoms with van der Waals surface area (Å²) >= 11 is 11.5. The van der Waals surface area contributed by atoms with Crippen LogP contribution in [0.3, 0.4) is 0 Å². The van der Waals surface area contributed by atoms with Gasteiger partial charge in [-0.25, -0.2) is 9.82 Å². The lowest BCUT2D eigenvalue weighted by Gasteiger charge is -2.25. The Morgan fingerprint density at radius 3 is 2.75 bits per heavy atom. The number of carbonyl (C=O) groups is 1. The minimum absolute atomic E-state index is 0.191. The van der Waals surface area contributed by atoms with E-state index in [9.17, 15) is 18.0 Å². The molecule has 1 aromatic rings. The summed E-state index contributed by atoms with van der Waals surface area (Å²) in [6.45, 7) is -2.76. The van der Waals surface area contributed by atoms with Crippen molar-refractivity contribution in [3.8, 4) is 5.75 Å². The number of ether oxygens (including phenoxy) is 1. The van der Waals surface area contributed by atoms with Gasteiger partial charge in [-0.05, 0) is 18.2 Å². The Kier molecular flexibility index (Phi) is 6.01. The SMILES string of the molecule is CN1C[C@H](C2=CC(Cl)NN2C)[C@@H](C(=O)Nc2cccc(F)c2OC(F)F)C1=S. The van der Waals surface area contributed by atoms with Crippen LogP contribution in [-0.2, 0) is 4.79 Å². The number of nitrogens with one attached hydrogen (secondary N) is 2. The van der Waals surface area contributed by atoms with E-state index < -0.39 is 35.5 Å². The Morgan fingerprint density at radius 2 is 2.14 bits per heavy atom. The summed E-state index contributed by atoms with van der Waals surface area (Å²) in [5.41, 5.74) is 3.16. The third-order valence-corrected chi connectivity index (χ3v) is 5.42. The van der Waals surface area contributed by atoms with Gasteiger partial charge in [0, 0.05) is 32.3 Å². The van der Waals surface area contributed by atoms with E-state index in [2.05, 4.69) is 15.5 Å². The van der Waals surface area contributed by atoms with Crippen molar-refractivity contribution < 1.29 is 22.7 Å². The van der Waals surface area contributed by atoms with E-state index in [0.29, 0.717) is 11.5 Å². The number of hydrogen-bond donors (Lipinski definition) is 2. The molecule has 1 aromatic carbocycles. The van der Waals surface area contributed by atoms with Gasteiger partial charge in [0.15, 0.2) is 11.6 Å². The van der Waals surface area contributed by atoms with E-state index in [1.165, 1.54) is 12.1 Å². The van der Waals surface area contributed by atoms with Crippen LogP contribution in [0.4, 0.5) is 18.9 Å². The Hall–Kier alpha value is -2.04. The molecular formula is C17H18ClF3N4O2S. The second-order valence-electron chi connectivity index (χ2n) is 6.47. The highest BCUT2D eigenvalue weighted by Gasteiger charge is 2.45. The number of carbonyl (C=O) groups excluding carboxylic acids is 1. The second kappa shape index (κ2) is 8.14. The number of likely N-dealkylation sites (tertiary alicyclic amines) is 1. The molecule has 3 rings (SSSR count). The van der Waals surface area contributed by atoms with Gasteiger partial charge in [0.2, 0.25) is 5.91 Å². The predicted octanol–water partition coefficient (Wildman–Crippen LogP) is 2.77. The van der Waals surface area contributed by atoms with Crippen molar-refractivity contribution in [3.05, 3.63) is 35.8 Å². The van der Waals surface area contributed by atoms with Crippen LogP contribution in [-0.4, -0.2) is 53.6 Å². The molecule has 1 saturated heterocycles. The Labute approximate surface area is 170 Å². The first-order chi connectivity index (χ1) is 13.2. The Bertz CT molecular complexity index is 826. The van der Waals surface area contributed by atoms with Gasteiger partial charge in [0.25, 0.3) is 0 Å². The lowest BCUT2D eigenvalue weighted by Crippen LogP contribution is -2.37. The summed E-state index contributed by atoms with van der Waals surface area (Å²) in [5, 5.41) is 4.20. The van der Waals surface area contributed by atoms with Crippen LogP contribution in [0.2, 0.25) is 0 Å². The van der Waals surface area contributed by atoms with Gasteiger partial charge >= 0.3 is 6.61 Å². The molecule has 1 amide bonds. The lowest BCUT2D eigenvalue weighted by molar-refractivity contribution is -0.118. The third kappa shape index (κ3) is 4.03. The monoisotopic (exact) mass is 434 g/mol. The van der Waals surface area contributed by atoms with Crippen LogP contribution in [0, 0.1) is 17.7 Å². The first kappa shape index (κ1) is 20.7. The molecule has 0 aromatic heterocycles. The zero-order valence-electron chi connectivity index (χ0n) is 15.0. The van der Waals surface area contributed by atoms with Crippen molar-refractivity contribution in [3.63, 3.8) is 0 Å². The van der Waals surface area contributed by atoms with Crippen molar-refractivity contribution in [2.24, 2.45) is 11.8 Å². The fourth-order valence-electron chi connectivity index (χ4n) is 3.42. The van der Waals surface area contributed by atoms with Gasteiger partial charge in [-0.2, -0.15) is 8.78 Å². The second-order valence-corrected chi connectivity index (χ2v) is 7.36. The highest BCUT2D eigenvalue weighted by Crippen LogP contribution is 2.36. The molecule has 2 N–H and O–H groups in total. The number of amides is 1. The number of halogens is 4. The summed E-state index contributed by atoms with van der Waals surface area (Å²) in [4.78, 5) is 15.1. The molecule has 1 fully saturated rings. The van der Waals surface area contributed by atoms with Crippen molar-refractivity contribution in [1.82, 2.24) is 15.3 Å². The topological polar surface area (TPSA) is 56.8 Å². The zero-order valence-corrected chi connectivity index (χ0v) is 16.5. The molecule has 0 aliphatic carbocycles. The molecule has 6 nitrogen and oxygen atoms in total. The van der Waals surface area contributed by atoms with Gasteiger partial charge in [0.05, 0.1) is 16.6 Å². The summed E-state index contributed by atoms with van der Waals surface area (Å²) in [6, 6.07) is 3.54. The maximum atomic E-state index is 13.9. The van der Waals surface area contributed by atoms with Gasteiger partial charge in [0.1, 0.15) is 5.50 Å². The number of hydrogen-bond acceptors (Lipinski definition) is 5. The molecular weight excluding hydrogens is 417 g/mol. The maximum absolute atomic E-state index is 13.9. The molecule has 2 heterocycles. The first-order valence-electron chi connectivity index (χ1n) is 8.34. The van der Waals surface area contributed by atoms with E-state index in [1.54, 1.807) is 30.1 Å². The quantitative estimate of drug-likeness (QED) is 0.422. The van der Waals surface area contributed by atoms with Gasteiger partial charge in [-0.1, -0.05) is 29.9 Å². The number of para-hydroxylation sites is 1. The number of rotatable bonds is 5. The van der Waals surface area contributed by atoms with Crippen LogP contribution < -0.4 is 15.5 Å². The number of nitrogens with zero attached hydrogens (tertiary/aromatic N) is 2. The maximum Gasteiger partial charge on any atom is 0.387 e. The van der Waals surface area contributed by atoms with E-state index >= 15 is 0 Å². The molecule has 0 saturated carbocycles. The highest BCUT2D eigenvalue weighted by molar-refractivity contribution is 7.80. The number of benzene rings is 1. The van der Waals surface area contributed by atoms with Crippen LogP contribution in [0.15, 0.2) is 30.0 Å². The molecule has 3 atom stereocenters. The fraction of sp³-hybridized carbons (Fsp3) is 0.412. The number of hydrazine groups is 1. The lowest BCUT2D eigenvalue weighted by atomic mass is 9.91. The number of anilines is 1. The zero-order chi connectivity index (χ0) is 20.6.